The van der Waals surface area contributed by atoms with Crippen LogP contribution in [0.25, 0.3) is 0 Å². The average molecular weight is 311 g/mol. The van der Waals surface area contributed by atoms with Crippen molar-refractivity contribution >= 4 is 17.4 Å². The van der Waals surface area contributed by atoms with E-state index in [1.807, 2.05) is 13.8 Å². The van der Waals surface area contributed by atoms with Crippen molar-refractivity contribution in [3.63, 3.8) is 0 Å². The number of aryl methyl sites for hydroxylation is 2. The molecule has 0 atom stereocenters. The van der Waals surface area contributed by atoms with Crippen LogP contribution >= 0.6 is 11.6 Å². The van der Waals surface area contributed by atoms with Crippen molar-refractivity contribution in [2.75, 3.05) is 0 Å². The Morgan fingerprint density at radius 1 is 1.48 bits per heavy atom. The van der Waals surface area contributed by atoms with E-state index in [1.165, 1.54) is 25.1 Å². The highest BCUT2D eigenvalue weighted by atomic mass is 35.5. The predicted molar refractivity (Wildman–Crippen MR) is 78.4 cm³/mol. The van der Waals surface area contributed by atoms with Gasteiger partial charge in [-0.3, -0.25) is 9.48 Å². The summed E-state index contributed by atoms with van der Waals surface area (Å²) in [4.78, 5) is 11.5. The van der Waals surface area contributed by atoms with E-state index in [9.17, 15) is 9.18 Å². The van der Waals surface area contributed by atoms with Gasteiger partial charge in [0.05, 0.1) is 22.0 Å². The zero-order chi connectivity index (χ0) is 15.6. The first kappa shape index (κ1) is 15.5. The molecule has 6 heteroatoms. The lowest BCUT2D eigenvalue weighted by molar-refractivity contribution is 0.101. The molecule has 0 spiro atoms. The number of ketones is 1. The average Bonchev–Trinajstić information content (AvgIpc) is 2.72. The van der Waals surface area contributed by atoms with Crippen LogP contribution in [0.1, 0.15) is 35.6 Å². The van der Waals surface area contributed by atoms with Crippen molar-refractivity contribution in [2.24, 2.45) is 0 Å². The van der Waals surface area contributed by atoms with Gasteiger partial charge in [0.25, 0.3) is 0 Å². The lowest BCUT2D eigenvalue weighted by atomic mass is 10.1. The van der Waals surface area contributed by atoms with Crippen LogP contribution in [0.5, 0.6) is 5.75 Å². The molecule has 0 bridgehead atoms. The molecule has 1 heterocycles. The second kappa shape index (κ2) is 6.26. The number of aromatic nitrogens is 2. The van der Waals surface area contributed by atoms with E-state index in [2.05, 4.69) is 5.10 Å². The van der Waals surface area contributed by atoms with Gasteiger partial charge in [0.2, 0.25) is 0 Å². The lowest BCUT2D eigenvalue weighted by Gasteiger charge is -2.11. The lowest BCUT2D eigenvalue weighted by Crippen LogP contribution is -2.08. The minimum absolute atomic E-state index is 0.166. The van der Waals surface area contributed by atoms with Crippen LogP contribution in [0.4, 0.5) is 4.39 Å². The molecule has 0 radical (unpaired) electrons. The first-order valence-corrected chi connectivity index (χ1v) is 6.96. The van der Waals surface area contributed by atoms with E-state index in [1.54, 1.807) is 4.68 Å². The quantitative estimate of drug-likeness (QED) is 0.789. The third-order valence-corrected chi connectivity index (χ3v) is 3.63. The number of hydrogen-bond acceptors (Lipinski definition) is 3. The fourth-order valence-corrected chi connectivity index (χ4v) is 2.25. The summed E-state index contributed by atoms with van der Waals surface area (Å²) >= 11 is 6.20. The fourth-order valence-electron chi connectivity index (χ4n) is 2.06. The molecular weight excluding hydrogens is 295 g/mol. The van der Waals surface area contributed by atoms with Gasteiger partial charge in [0.1, 0.15) is 18.2 Å². The number of rotatable bonds is 5. The van der Waals surface area contributed by atoms with Crippen LogP contribution < -0.4 is 4.74 Å². The maximum atomic E-state index is 13.2. The maximum absolute atomic E-state index is 13.2. The highest BCUT2D eigenvalue weighted by Crippen LogP contribution is 2.25. The number of hydrogen-bond donors (Lipinski definition) is 0. The molecule has 0 aliphatic carbocycles. The summed E-state index contributed by atoms with van der Waals surface area (Å²) in [5.74, 6) is -0.391. The van der Waals surface area contributed by atoms with Crippen LogP contribution in [0.2, 0.25) is 5.02 Å². The molecular formula is C15H16ClFN2O2. The molecule has 0 aliphatic rings. The Hall–Kier alpha value is -1.88. The Morgan fingerprint density at radius 2 is 2.19 bits per heavy atom. The molecule has 0 unspecified atom stereocenters. The van der Waals surface area contributed by atoms with Gasteiger partial charge in [-0.1, -0.05) is 11.6 Å². The largest absolute Gasteiger partial charge is 0.486 e. The molecule has 0 fully saturated rings. The fraction of sp³-hybridized carbons (Fsp3) is 0.333. The highest BCUT2D eigenvalue weighted by molar-refractivity contribution is 6.31. The molecule has 0 saturated heterocycles. The number of benzene rings is 1. The van der Waals surface area contributed by atoms with Crippen LogP contribution in [0, 0.1) is 12.7 Å². The van der Waals surface area contributed by atoms with Crippen LogP contribution in [-0.4, -0.2) is 15.6 Å². The highest BCUT2D eigenvalue weighted by Gasteiger charge is 2.15. The van der Waals surface area contributed by atoms with Crippen molar-refractivity contribution in [1.82, 2.24) is 9.78 Å². The van der Waals surface area contributed by atoms with Crippen LogP contribution in [-0.2, 0) is 13.2 Å². The SMILES string of the molecule is CCn1nc(C)c(Cl)c1COc1ccc(F)cc1C(C)=O. The maximum Gasteiger partial charge on any atom is 0.163 e. The standard InChI is InChI=1S/C15H16ClFN2O2/c1-4-19-13(15(16)9(2)18-19)8-21-14-6-5-11(17)7-12(14)10(3)20/h5-7H,4,8H2,1-3H3. The molecule has 21 heavy (non-hydrogen) atoms. The van der Waals surface area contributed by atoms with E-state index in [0.29, 0.717) is 17.3 Å². The summed E-state index contributed by atoms with van der Waals surface area (Å²) in [6, 6.07) is 3.87. The van der Waals surface area contributed by atoms with E-state index in [-0.39, 0.29) is 18.0 Å². The third kappa shape index (κ3) is 3.24. The normalized spacial score (nSPS) is 10.7. The molecule has 112 valence electrons. The summed E-state index contributed by atoms with van der Waals surface area (Å²) in [5, 5.41) is 4.84. The molecule has 2 rings (SSSR count). The zero-order valence-corrected chi connectivity index (χ0v) is 12.9. The summed E-state index contributed by atoms with van der Waals surface area (Å²) in [7, 11) is 0. The number of Topliss-reactive ketones (excluding diaryl/α,β-unsaturated/α-hetero) is 1. The van der Waals surface area contributed by atoms with Crippen molar-refractivity contribution in [3.05, 3.63) is 46.0 Å². The second-order valence-corrected chi connectivity index (χ2v) is 5.03. The van der Waals surface area contributed by atoms with E-state index >= 15 is 0 Å². The van der Waals surface area contributed by atoms with Crippen molar-refractivity contribution < 1.29 is 13.9 Å². The molecule has 2 aromatic rings. The zero-order valence-electron chi connectivity index (χ0n) is 12.1. The monoisotopic (exact) mass is 310 g/mol. The topological polar surface area (TPSA) is 44.1 Å². The number of carbonyl (C=O) groups excluding carboxylic acids is 1. The molecule has 1 aromatic carbocycles. The predicted octanol–water partition coefficient (Wildman–Crippen LogP) is 3.79. The molecule has 0 N–H and O–H groups in total. The molecule has 4 nitrogen and oxygen atoms in total. The summed E-state index contributed by atoms with van der Waals surface area (Å²) in [5.41, 5.74) is 1.67. The van der Waals surface area contributed by atoms with E-state index in [0.717, 1.165) is 11.4 Å². The first-order chi connectivity index (χ1) is 9.93. The molecule has 0 aliphatic heterocycles. The number of nitrogens with zero attached hydrogens (tertiary/aromatic N) is 2. The summed E-state index contributed by atoms with van der Waals surface area (Å²) in [6.07, 6.45) is 0. The number of halogens is 2. The smallest absolute Gasteiger partial charge is 0.163 e. The van der Waals surface area contributed by atoms with Gasteiger partial charge in [-0.15, -0.1) is 0 Å². The molecule has 1 aromatic heterocycles. The van der Waals surface area contributed by atoms with Gasteiger partial charge in [0, 0.05) is 6.54 Å². The second-order valence-electron chi connectivity index (χ2n) is 4.65. The van der Waals surface area contributed by atoms with Gasteiger partial charge in [-0.25, -0.2) is 4.39 Å². The Bertz CT molecular complexity index is 683. The third-order valence-electron chi connectivity index (χ3n) is 3.14. The number of carbonyl (C=O) groups is 1. The Labute approximate surface area is 127 Å². The first-order valence-electron chi connectivity index (χ1n) is 6.59. The van der Waals surface area contributed by atoms with Crippen LogP contribution in [0.3, 0.4) is 0 Å². The summed E-state index contributed by atoms with van der Waals surface area (Å²) in [6.45, 7) is 5.96. The molecule has 0 saturated carbocycles. The van der Waals surface area contributed by atoms with Crippen LogP contribution in [0.15, 0.2) is 18.2 Å². The Balaban J connectivity index is 2.27. The Morgan fingerprint density at radius 3 is 2.81 bits per heavy atom. The van der Waals surface area contributed by atoms with Gasteiger partial charge in [-0.2, -0.15) is 5.10 Å². The van der Waals surface area contributed by atoms with Crippen molar-refractivity contribution in [3.8, 4) is 5.75 Å². The van der Waals surface area contributed by atoms with Crippen molar-refractivity contribution in [1.29, 1.82) is 0 Å². The minimum Gasteiger partial charge on any atom is -0.486 e. The van der Waals surface area contributed by atoms with Crippen molar-refractivity contribution in [2.45, 2.75) is 33.9 Å². The van der Waals surface area contributed by atoms with Gasteiger partial charge >= 0.3 is 0 Å². The van der Waals surface area contributed by atoms with Gasteiger partial charge < -0.3 is 4.74 Å². The van der Waals surface area contributed by atoms with Gasteiger partial charge in [-0.05, 0) is 39.0 Å². The summed E-state index contributed by atoms with van der Waals surface area (Å²) < 4.78 is 20.6. The molecule has 0 amide bonds. The van der Waals surface area contributed by atoms with E-state index < -0.39 is 5.82 Å². The van der Waals surface area contributed by atoms with E-state index in [4.69, 9.17) is 16.3 Å². The number of ether oxygens (including phenoxy) is 1. The van der Waals surface area contributed by atoms with Gasteiger partial charge in [0.15, 0.2) is 5.78 Å². The minimum atomic E-state index is -0.472. The Kier molecular flexibility index (Phi) is 4.63.